The van der Waals surface area contributed by atoms with Crippen LogP contribution in [-0.4, -0.2) is 59.3 Å². The molecule has 1 aromatic heterocycles. The topological polar surface area (TPSA) is 84.4 Å². The molecule has 2 heterocycles. The molecule has 1 unspecified atom stereocenters. The second-order valence-electron chi connectivity index (χ2n) is 4.62. The van der Waals surface area contributed by atoms with Gasteiger partial charge in [0.2, 0.25) is 5.91 Å². The first-order valence-electron chi connectivity index (χ1n) is 6.79. The fraction of sp³-hybridized carbons (Fsp3) is 0.538. The Morgan fingerprint density at radius 3 is 2.95 bits per heavy atom. The summed E-state index contributed by atoms with van der Waals surface area (Å²) in [5.41, 5.74) is 0.162. The Labute approximate surface area is 127 Å². The predicted molar refractivity (Wildman–Crippen MR) is 76.0 cm³/mol. The summed E-state index contributed by atoms with van der Waals surface area (Å²) in [6, 6.07) is 2.35. The van der Waals surface area contributed by atoms with Gasteiger partial charge in [-0.05, 0) is 18.6 Å². The number of nitrogens with zero attached hydrogens (tertiary/aromatic N) is 3. The van der Waals surface area contributed by atoms with E-state index in [1.807, 2.05) is 6.92 Å². The third kappa shape index (κ3) is 3.89. The van der Waals surface area contributed by atoms with Gasteiger partial charge in [0.25, 0.3) is 5.91 Å². The first kappa shape index (κ1) is 15.7. The molecule has 0 radical (unpaired) electrons. The highest BCUT2D eigenvalue weighted by Crippen LogP contribution is 2.12. The maximum absolute atomic E-state index is 12.4. The van der Waals surface area contributed by atoms with Crippen LogP contribution in [0.1, 0.15) is 23.8 Å². The number of nitrogens with one attached hydrogen (secondary N) is 1. The molecule has 0 bridgehead atoms. The molecule has 2 amide bonds. The van der Waals surface area contributed by atoms with Crippen LogP contribution in [-0.2, 0) is 9.53 Å². The summed E-state index contributed by atoms with van der Waals surface area (Å²) >= 11 is 5.66. The van der Waals surface area contributed by atoms with Crippen molar-refractivity contribution in [3.63, 3.8) is 0 Å². The van der Waals surface area contributed by atoms with Gasteiger partial charge in [0.15, 0.2) is 10.8 Å². The molecular weight excluding hydrogens is 296 g/mol. The van der Waals surface area contributed by atoms with E-state index in [-0.39, 0.29) is 29.3 Å². The molecule has 7 nitrogen and oxygen atoms in total. The van der Waals surface area contributed by atoms with Crippen molar-refractivity contribution >= 4 is 23.4 Å². The SMILES string of the molecule is CCCNC(=O)C1COCCN1C(=O)c1ccc(Cl)nn1. The standard InChI is InChI=1S/C13H17ClN4O3/c1-2-5-15-12(19)10-8-21-7-6-18(10)13(20)9-3-4-11(14)17-16-9/h3-4,10H,2,5-8H2,1H3,(H,15,19). The molecule has 114 valence electrons. The van der Waals surface area contributed by atoms with E-state index in [0.717, 1.165) is 6.42 Å². The lowest BCUT2D eigenvalue weighted by atomic mass is 10.2. The molecule has 1 atom stereocenters. The largest absolute Gasteiger partial charge is 0.377 e. The highest BCUT2D eigenvalue weighted by atomic mass is 35.5. The highest BCUT2D eigenvalue weighted by Gasteiger charge is 2.33. The molecule has 2 rings (SSSR count). The van der Waals surface area contributed by atoms with Gasteiger partial charge in [-0.3, -0.25) is 9.59 Å². The Bertz CT molecular complexity index is 509. The molecule has 1 N–H and O–H groups in total. The van der Waals surface area contributed by atoms with Gasteiger partial charge in [0.05, 0.1) is 13.2 Å². The number of hydrogen-bond acceptors (Lipinski definition) is 5. The smallest absolute Gasteiger partial charge is 0.275 e. The Balaban J connectivity index is 2.12. The van der Waals surface area contributed by atoms with Crippen LogP contribution in [0.4, 0.5) is 0 Å². The number of halogens is 1. The lowest BCUT2D eigenvalue weighted by Gasteiger charge is -2.34. The maximum Gasteiger partial charge on any atom is 0.275 e. The Morgan fingerprint density at radius 1 is 1.48 bits per heavy atom. The van der Waals surface area contributed by atoms with Crippen molar-refractivity contribution < 1.29 is 14.3 Å². The zero-order valence-corrected chi connectivity index (χ0v) is 12.5. The van der Waals surface area contributed by atoms with E-state index >= 15 is 0 Å². The average Bonchev–Trinajstić information content (AvgIpc) is 2.52. The van der Waals surface area contributed by atoms with Gasteiger partial charge < -0.3 is 15.0 Å². The van der Waals surface area contributed by atoms with E-state index < -0.39 is 6.04 Å². The summed E-state index contributed by atoms with van der Waals surface area (Å²) in [5.74, 6) is -0.564. The van der Waals surface area contributed by atoms with Gasteiger partial charge in [-0.1, -0.05) is 18.5 Å². The number of aromatic nitrogens is 2. The van der Waals surface area contributed by atoms with Crippen LogP contribution in [0.2, 0.25) is 5.15 Å². The summed E-state index contributed by atoms with van der Waals surface area (Å²) in [6.07, 6.45) is 0.829. The van der Waals surface area contributed by atoms with Crippen molar-refractivity contribution in [2.45, 2.75) is 19.4 Å². The van der Waals surface area contributed by atoms with Gasteiger partial charge in [-0.2, -0.15) is 0 Å². The number of morpholine rings is 1. The molecule has 8 heteroatoms. The van der Waals surface area contributed by atoms with Gasteiger partial charge in [0.1, 0.15) is 6.04 Å². The van der Waals surface area contributed by atoms with Gasteiger partial charge in [-0.25, -0.2) is 0 Å². The molecule has 1 aliphatic heterocycles. The third-order valence-electron chi connectivity index (χ3n) is 3.09. The van der Waals surface area contributed by atoms with Gasteiger partial charge in [0, 0.05) is 13.1 Å². The van der Waals surface area contributed by atoms with E-state index in [9.17, 15) is 9.59 Å². The molecule has 21 heavy (non-hydrogen) atoms. The molecule has 1 aromatic rings. The van der Waals surface area contributed by atoms with E-state index in [1.165, 1.54) is 17.0 Å². The van der Waals surface area contributed by atoms with Crippen LogP contribution in [0.5, 0.6) is 0 Å². The summed E-state index contributed by atoms with van der Waals surface area (Å²) in [5, 5.41) is 10.4. The molecule has 0 saturated carbocycles. The summed E-state index contributed by atoms with van der Waals surface area (Å²) in [4.78, 5) is 26.0. The van der Waals surface area contributed by atoms with Crippen LogP contribution in [0, 0.1) is 0 Å². The van der Waals surface area contributed by atoms with Crippen molar-refractivity contribution in [3.05, 3.63) is 23.0 Å². The Morgan fingerprint density at radius 2 is 2.29 bits per heavy atom. The van der Waals surface area contributed by atoms with Crippen molar-refractivity contribution in [2.75, 3.05) is 26.3 Å². The molecule has 1 saturated heterocycles. The molecule has 1 fully saturated rings. The number of amides is 2. The van der Waals surface area contributed by atoms with Crippen molar-refractivity contribution in [1.29, 1.82) is 0 Å². The van der Waals surface area contributed by atoms with Crippen molar-refractivity contribution in [1.82, 2.24) is 20.4 Å². The molecule has 0 spiro atoms. The van der Waals surface area contributed by atoms with E-state index in [1.54, 1.807) is 0 Å². The van der Waals surface area contributed by atoms with Crippen molar-refractivity contribution in [2.24, 2.45) is 0 Å². The van der Waals surface area contributed by atoms with Crippen LogP contribution >= 0.6 is 11.6 Å². The van der Waals surface area contributed by atoms with Crippen LogP contribution in [0.15, 0.2) is 12.1 Å². The number of carbonyl (C=O) groups is 2. The summed E-state index contributed by atoms with van der Waals surface area (Å²) < 4.78 is 5.31. The number of hydrogen-bond donors (Lipinski definition) is 1. The predicted octanol–water partition coefficient (Wildman–Crippen LogP) is 0.497. The Kier molecular flexibility index (Phi) is 5.46. The van der Waals surface area contributed by atoms with Crippen LogP contribution in [0.25, 0.3) is 0 Å². The monoisotopic (exact) mass is 312 g/mol. The second-order valence-corrected chi connectivity index (χ2v) is 5.01. The fourth-order valence-electron chi connectivity index (χ4n) is 2.01. The first-order valence-corrected chi connectivity index (χ1v) is 7.17. The number of carbonyl (C=O) groups excluding carboxylic acids is 2. The average molecular weight is 313 g/mol. The minimum absolute atomic E-state index is 0.162. The Hall–Kier alpha value is -1.73. The second kappa shape index (κ2) is 7.33. The zero-order valence-electron chi connectivity index (χ0n) is 11.7. The minimum Gasteiger partial charge on any atom is -0.377 e. The summed E-state index contributed by atoms with van der Waals surface area (Å²) in [6.45, 7) is 3.45. The lowest BCUT2D eigenvalue weighted by molar-refractivity contribution is -0.130. The normalized spacial score (nSPS) is 18.4. The maximum atomic E-state index is 12.4. The van der Waals surface area contributed by atoms with Crippen LogP contribution in [0.3, 0.4) is 0 Å². The fourth-order valence-corrected chi connectivity index (χ4v) is 2.11. The molecular formula is C13H17ClN4O3. The molecule has 0 aliphatic carbocycles. The highest BCUT2D eigenvalue weighted by molar-refractivity contribution is 6.29. The number of rotatable bonds is 4. The van der Waals surface area contributed by atoms with Gasteiger partial charge >= 0.3 is 0 Å². The molecule has 0 aromatic carbocycles. The number of ether oxygens (including phenoxy) is 1. The van der Waals surface area contributed by atoms with Crippen molar-refractivity contribution in [3.8, 4) is 0 Å². The van der Waals surface area contributed by atoms with Gasteiger partial charge in [-0.15, -0.1) is 10.2 Å². The first-order chi connectivity index (χ1) is 10.1. The van der Waals surface area contributed by atoms with Crippen LogP contribution < -0.4 is 5.32 Å². The van der Waals surface area contributed by atoms with E-state index in [2.05, 4.69) is 15.5 Å². The molecule has 1 aliphatic rings. The third-order valence-corrected chi connectivity index (χ3v) is 3.29. The van der Waals surface area contributed by atoms with E-state index in [0.29, 0.717) is 19.7 Å². The zero-order chi connectivity index (χ0) is 15.2. The summed E-state index contributed by atoms with van der Waals surface area (Å²) in [7, 11) is 0. The quantitative estimate of drug-likeness (QED) is 0.875. The van der Waals surface area contributed by atoms with E-state index in [4.69, 9.17) is 16.3 Å². The minimum atomic E-state index is -0.643. The lowest BCUT2D eigenvalue weighted by Crippen LogP contribution is -2.56.